The minimum Gasteiger partial charge on any atom is -0.378 e. The minimum absolute atomic E-state index is 0.0453. The van der Waals surface area contributed by atoms with Gasteiger partial charge in [-0.2, -0.15) is 0 Å². The number of ether oxygens (including phenoxy) is 1. The number of hydrogen-bond acceptors (Lipinski definition) is 5. The van der Waals surface area contributed by atoms with E-state index in [9.17, 15) is 8.42 Å². The molecule has 1 aliphatic heterocycles. The van der Waals surface area contributed by atoms with E-state index in [1.165, 1.54) is 11.8 Å². The van der Waals surface area contributed by atoms with Gasteiger partial charge in [0.2, 0.25) is 0 Å². The molecule has 0 saturated carbocycles. The summed E-state index contributed by atoms with van der Waals surface area (Å²) in [4.78, 5) is 6.99. The molecule has 1 saturated heterocycles. The van der Waals surface area contributed by atoms with E-state index in [0.29, 0.717) is 19.2 Å². The van der Waals surface area contributed by atoms with Gasteiger partial charge < -0.3 is 15.4 Å². The molecule has 0 spiro atoms. The fraction of sp³-hybridized carbons (Fsp3) is 0.650. The zero-order valence-electron chi connectivity index (χ0n) is 17.4. The van der Waals surface area contributed by atoms with Crippen molar-refractivity contribution in [3.8, 4) is 0 Å². The molecule has 2 N–H and O–H groups in total. The molecule has 0 aromatic heterocycles. The number of benzene rings is 1. The van der Waals surface area contributed by atoms with Crippen LogP contribution in [0.5, 0.6) is 0 Å². The Bertz CT molecular complexity index is 733. The van der Waals surface area contributed by atoms with Crippen molar-refractivity contribution >= 4 is 27.4 Å². The van der Waals surface area contributed by atoms with Crippen LogP contribution >= 0.6 is 11.6 Å². The number of aliphatic imine (C=N–C) groups is 1. The molecule has 164 valence electrons. The third-order valence-corrected chi connectivity index (χ3v) is 5.86. The molecule has 0 radical (unpaired) electrons. The lowest BCUT2D eigenvalue weighted by molar-refractivity contribution is 0.157. The summed E-state index contributed by atoms with van der Waals surface area (Å²) in [6, 6.07) is 8.44. The molecule has 0 unspecified atom stereocenters. The van der Waals surface area contributed by atoms with Crippen molar-refractivity contribution < 1.29 is 13.2 Å². The lowest BCUT2D eigenvalue weighted by atomic mass is 10.0. The second kappa shape index (κ2) is 12.4. The quantitative estimate of drug-likeness (QED) is 0.326. The number of likely N-dealkylation sites (tertiary alicyclic amines) is 1. The molecule has 0 bridgehead atoms. The number of piperidine rings is 1. The van der Waals surface area contributed by atoms with Crippen molar-refractivity contribution in [1.82, 2.24) is 15.5 Å². The molecular weight excluding hydrogens is 412 g/mol. The van der Waals surface area contributed by atoms with Gasteiger partial charge in [-0.3, -0.25) is 9.89 Å². The maximum absolute atomic E-state index is 11.1. The summed E-state index contributed by atoms with van der Waals surface area (Å²) in [7, 11) is -2.98. The van der Waals surface area contributed by atoms with Crippen LogP contribution in [0.1, 0.15) is 25.3 Å². The topological polar surface area (TPSA) is 83.0 Å². The van der Waals surface area contributed by atoms with Gasteiger partial charge in [-0.1, -0.05) is 23.7 Å². The van der Waals surface area contributed by atoms with Gasteiger partial charge in [-0.05, 0) is 37.5 Å². The predicted octanol–water partition coefficient (Wildman–Crippen LogP) is 1.92. The number of guanidine groups is 1. The molecule has 1 fully saturated rings. The average molecular weight is 445 g/mol. The van der Waals surface area contributed by atoms with Crippen molar-refractivity contribution in [3.63, 3.8) is 0 Å². The molecule has 0 amide bonds. The van der Waals surface area contributed by atoms with Gasteiger partial charge in [-0.15, -0.1) is 0 Å². The van der Waals surface area contributed by atoms with Gasteiger partial charge in [0.1, 0.15) is 9.84 Å². The highest BCUT2D eigenvalue weighted by molar-refractivity contribution is 7.90. The fourth-order valence-electron chi connectivity index (χ4n) is 3.13. The Morgan fingerprint density at radius 1 is 1.24 bits per heavy atom. The summed E-state index contributed by atoms with van der Waals surface area (Å²) in [5.41, 5.74) is 1.28. The van der Waals surface area contributed by atoms with Crippen LogP contribution in [0.4, 0.5) is 0 Å². The molecule has 0 atom stereocenters. The van der Waals surface area contributed by atoms with Gasteiger partial charge in [0.15, 0.2) is 5.96 Å². The molecule has 0 aliphatic carbocycles. The van der Waals surface area contributed by atoms with E-state index < -0.39 is 9.84 Å². The van der Waals surface area contributed by atoms with Crippen molar-refractivity contribution in [3.05, 3.63) is 34.9 Å². The lowest BCUT2D eigenvalue weighted by Crippen LogP contribution is -2.48. The number of rotatable bonds is 10. The largest absolute Gasteiger partial charge is 0.378 e. The van der Waals surface area contributed by atoms with Gasteiger partial charge in [0.05, 0.1) is 25.5 Å². The summed E-state index contributed by atoms with van der Waals surface area (Å²) < 4.78 is 27.5. The summed E-state index contributed by atoms with van der Waals surface area (Å²) in [5, 5.41) is 7.54. The summed E-state index contributed by atoms with van der Waals surface area (Å²) >= 11 is 5.96. The van der Waals surface area contributed by atoms with Crippen molar-refractivity contribution in [2.45, 2.75) is 32.4 Å². The zero-order chi connectivity index (χ0) is 21.1. The first-order chi connectivity index (χ1) is 13.9. The van der Waals surface area contributed by atoms with Crippen LogP contribution in [-0.2, 0) is 21.1 Å². The maximum Gasteiger partial charge on any atom is 0.191 e. The third kappa shape index (κ3) is 10.3. The highest BCUT2D eigenvalue weighted by Gasteiger charge is 2.20. The first-order valence-corrected chi connectivity index (χ1v) is 12.6. The number of halogens is 1. The molecule has 9 heteroatoms. The standard InChI is InChI=1S/C20H33ClN4O3S/c1-3-22-20(23-10-13-28-14-15-29(2,26)27)24-19-8-11-25(12-9-19)16-17-4-6-18(21)7-5-17/h4-7,19H,3,8-16H2,1-2H3,(H2,22,23,24). The van der Waals surface area contributed by atoms with Crippen LogP contribution in [0.2, 0.25) is 5.02 Å². The molecular formula is C20H33ClN4O3S. The second-order valence-electron chi connectivity index (χ2n) is 7.32. The van der Waals surface area contributed by atoms with Gasteiger partial charge >= 0.3 is 0 Å². The van der Waals surface area contributed by atoms with Crippen molar-refractivity contribution in [2.24, 2.45) is 4.99 Å². The van der Waals surface area contributed by atoms with Crippen LogP contribution in [0.25, 0.3) is 0 Å². The fourth-order valence-corrected chi connectivity index (χ4v) is 3.68. The maximum atomic E-state index is 11.1. The van der Waals surface area contributed by atoms with E-state index in [4.69, 9.17) is 16.3 Å². The normalized spacial score (nSPS) is 16.7. The number of nitrogens with one attached hydrogen (secondary N) is 2. The van der Waals surface area contributed by atoms with Crippen LogP contribution in [0.3, 0.4) is 0 Å². The Labute approximate surface area is 179 Å². The van der Waals surface area contributed by atoms with E-state index >= 15 is 0 Å². The van der Waals surface area contributed by atoms with Crippen LogP contribution < -0.4 is 10.6 Å². The van der Waals surface area contributed by atoms with E-state index in [-0.39, 0.29) is 12.4 Å². The molecule has 1 aromatic carbocycles. The molecule has 29 heavy (non-hydrogen) atoms. The van der Waals surface area contributed by atoms with Crippen LogP contribution in [0, 0.1) is 0 Å². The predicted molar refractivity (Wildman–Crippen MR) is 119 cm³/mol. The summed E-state index contributed by atoms with van der Waals surface area (Å²) in [5.74, 6) is 0.833. The molecule has 1 heterocycles. The average Bonchev–Trinajstić information content (AvgIpc) is 2.67. The Balaban J connectivity index is 1.70. The van der Waals surface area contributed by atoms with E-state index in [1.807, 2.05) is 19.1 Å². The van der Waals surface area contributed by atoms with Crippen molar-refractivity contribution in [2.75, 3.05) is 51.4 Å². The highest BCUT2D eigenvalue weighted by atomic mass is 35.5. The first kappa shape index (κ1) is 23.9. The summed E-state index contributed by atoms with van der Waals surface area (Å²) in [6.45, 7) is 6.96. The Morgan fingerprint density at radius 2 is 1.93 bits per heavy atom. The Morgan fingerprint density at radius 3 is 2.55 bits per heavy atom. The Hall–Kier alpha value is -1.35. The number of hydrogen-bond donors (Lipinski definition) is 2. The third-order valence-electron chi connectivity index (χ3n) is 4.70. The number of sulfone groups is 1. The SMILES string of the molecule is CCNC(=NCCOCCS(C)(=O)=O)NC1CCN(Cc2ccc(Cl)cc2)CC1. The zero-order valence-corrected chi connectivity index (χ0v) is 18.9. The molecule has 7 nitrogen and oxygen atoms in total. The smallest absolute Gasteiger partial charge is 0.191 e. The Kier molecular flexibility index (Phi) is 10.2. The monoisotopic (exact) mass is 444 g/mol. The van der Waals surface area contributed by atoms with E-state index in [0.717, 1.165) is 50.0 Å². The van der Waals surface area contributed by atoms with Crippen molar-refractivity contribution in [1.29, 1.82) is 0 Å². The molecule has 1 aromatic rings. The van der Waals surface area contributed by atoms with E-state index in [1.54, 1.807) is 0 Å². The van der Waals surface area contributed by atoms with Gasteiger partial charge in [0, 0.05) is 43.5 Å². The minimum atomic E-state index is -2.98. The molecule has 2 rings (SSSR count). The van der Waals surface area contributed by atoms with E-state index in [2.05, 4.69) is 32.7 Å². The first-order valence-electron chi connectivity index (χ1n) is 10.1. The van der Waals surface area contributed by atoms with Gasteiger partial charge in [0.25, 0.3) is 0 Å². The summed E-state index contributed by atoms with van der Waals surface area (Å²) in [6.07, 6.45) is 3.33. The lowest BCUT2D eigenvalue weighted by Gasteiger charge is -2.33. The van der Waals surface area contributed by atoms with Crippen LogP contribution in [-0.4, -0.2) is 76.7 Å². The highest BCUT2D eigenvalue weighted by Crippen LogP contribution is 2.15. The van der Waals surface area contributed by atoms with Crippen LogP contribution in [0.15, 0.2) is 29.3 Å². The van der Waals surface area contributed by atoms with Gasteiger partial charge in [-0.25, -0.2) is 8.42 Å². The second-order valence-corrected chi connectivity index (χ2v) is 10.0. The molecule has 1 aliphatic rings. The number of nitrogens with zero attached hydrogens (tertiary/aromatic N) is 2.